The Hall–Kier alpha value is -2.32. The molecule has 0 aliphatic heterocycles. The average molecular weight is 349 g/mol. The fraction of sp³-hybridized carbons (Fsp3) is 0.312. The zero-order valence-corrected chi connectivity index (χ0v) is 14.7. The normalized spacial score (nSPS) is 13.0. The second-order valence-electron chi connectivity index (χ2n) is 5.64. The predicted octanol–water partition coefficient (Wildman–Crippen LogP) is 2.99. The maximum Gasteiger partial charge on any atom is 0.270 e. The van der Waals surface area contributed by atoms with Gasteiger partial charge in [-0.05, 0) is 49.6 Å². The van der Waals surface area contributed by atoms with E-state index in [0.717, 1.165) is 5.56 Å². The molecule has 0 aliphatic rings. The summed E-state index contributed by atoms with van der Waals surface area (Å²) < 4.78 is 27.3. The third-order valence-electron chi connectivity index (χ3n) is 4.03. The first-order valence-corrected chi connectivity index (χ1v) is 8.74. The van der Waals surface area contributed by atoms with Gasteiger partial charge in [0.25, 0.3) is 5.69 Å². The van der Waals surface area contributed by atoms with Crippen LogP contribution in [0.2, 0.25) is 0 Å². The molecule has 0 saturated carbocycles. The van der Waals surface area contributed by atoms with Crippen LogP contribution in [-0.2, 0) is 10.0 Å². The summed E-state index contributed by atoms with van der Waals surface area (Å²) in [6.45, 7) is 4.92. The zero-order valence-electron chi connectivity index (χ0n) is 13.9. The molecule has 1 unspecified atom stereocenters. The fourth-order valence-electron chi connectivity index (χ4n) is 2.64. The number of hydrogen-bond acceptors (Lipinski definition) is 5. The molecule has 0 N–H and O–H groups in total. The van der Waals surface area contributed by atoms with Crippen LogP contribution in [0.15, 0.2) is 41.6 Å². The van der Waals surface area contributed by atoms with Gasteiger partial charge in [0.1, 0.15) is 0 Å². The third-order valence-corrected chi connectivity index (χ3v) is 6.26. The van der Waals surface area contributed by atoms with Crippen molar-refractivity contribution < 1.29 is 13.3 Å². The molecule has 0 fully saturated rings. The van der Waals surface area contributed by atoms with Crippen LogP contribution in [0.5, 0.6) is 0 Å². The van der Waals surface area contributed by atoms with Gasteiger partial charge < -0.3 is 0 Å². The van der Waals surface area contributed by atoms with E-state index in [1.54, 1.807) is 45.3 Å². The number of aromatic nitrogens is 1. The monoisotopic (exact) mass is 349 g/mol. The number of benzene rings is 1. The number of pyridine rings is 1. The Balaban J connectivity index is 2.49. The predicted molar refractivity (Wildman–Crippen MR) is 90.2 cm³/mol. The maximum atomic E-state index is 13.0. The number of sulfonamides is 1. The highest BCUT2D eigenvalue weighted by atomic mass is 32.2. The molecule has 0 saturated heterocycles. The van der Waals surface area contributed by atoms with Crippen LogP contribution in [0.3, 0.4) is 0 Å². The van der Waals surface area contributed by atoms with E-state index < -0.39 is 21.0 Å². The van der Waals surface area contributed by atoms with Crippen LogP contribution in [0.4, 0.5) is 5.69 Å². The minimum absolute atomic E-state index is 0.108. The van der Waals surface area contributed by atoms with E-state index in [0.29, 0.717) is 11.1 Å². The number of nitrogens with zero attached hydrogens (tertiary/aromatic N) is 3. The number of rotatable bonds is 5. The molecule has 1 atom stereocenters. The van der Waals surface area contributed by atoms with Crippen molar-refractivity contribution in [2.75, 3.05) is 7.05 Å². The molecular weight excluding hydrogens is 330 g/mol. The highest BCUT2D eigenvalue weighted by Crippen LogP contribution is 2.31. The SMILES string of the molecule is Cc1cc([N+](=O)[O-])cc(C)c1S(=O)(=O)N(C)C(C)c1ccncc1. The third kappa shape index (κ3) is 3.29. The highest BCUT2D eigenvalue weighted by molar-refractivity contribution is 7.89. The van der Waals surface area contributed by atoms with Crippen LogP contribution in [0, 0.1) is 24.0 Å². The Morgan fingerprint density at radius 3 is 2.12 bits per heavy atom. The summed E-state index contributed by atoms with van der Waals surface area (Å²) in [6, 6.07) is 5.68. The zero-order chi connectivity index (χ0) is 18.1. The number of aryl methyl sites for hydroxylation is 2. The van der Waals surface area contributed by atoms with Crippen molar-refractivity contribution in [3.05, 3.63) is 63.5 Å². The van der Waals surface area contributed by atoms with Gasteiger partial charge in [0.15, 0.2) is 0 Å². The van der Waals surface area contributed by atoms with Crippen LogP contribution >= 0.6 is 0 Å². The fourth-order valence-corrected chi connectivity index (χ4v) is 4.40. The van der Waals surface area contributed by atoms with Crippen molar-refractivity contribution in [2.24, 2.45) is 0 Å². The Morgan fingerprint density at radius 1 is 1.17 bits per heavy atom. The second kappa shape index (κ2) is 6.66. The standard InChI is InChI=1S/C16H19N3O4S/c1-11-9-15(19(20)21)10-12(2)16(11)24(22,23)18(4)13(3)14-5-7-17-8-6-14/h5-10,13H,1-4H3. The summed E-state index contributed by atoms with van der Waals surface area (Å²) in [5.41, 5.74) is 1.41. The molecule has 0 radical (unpaired) electrons. The second-order valence-corrected chi connectivity index (χ2v) is 7.58. The van der Waals surface area contributed by atoms with Gasteiger partial charge in [-0.15, -0.1) is 0 Å². The van der Waals surface area contributed by atoms with Crippen LogP contribution in [-0.4, -0.2) is 29.7 Å². The molecule has 8 heteroatoms. The van der Waals surface area contributed by atoms with Crippen molar-refractivity contribution in [3.8, 4) is 0 Å². The van der Waals surface area contributed by atoms with Crippen molar-refractivity contribution >= 4 is 15.7 Å². The Bertz CT molecular complexity index is 843. The van der Waals surface area contributed by atoms with E-state index in [9.17, 15) is 18.5 Å². The maximum absolute atomic E-state index is 13.0. The molecule has 7 nitrogen and oxygen atoms in total. The van der Waals surface area contributed by atoms with Crippen LogP contribution in [0.1, 0.15) is 29.7 Å². The van der Waals surface area contributed by atoms with Crippen molar-refractivity contribution in [3.63, 3.8) is 0 Å². The summed E-state index contributed by atoms with van der Waals surface area (Å²) in [4.78, 5) is 14.4. The van der Waals surface area contributed by atoms with Gasteiger partial charge in [0.05, 0.1) is 9.82 Å². The van der Waals surface area contributed by atoms with Gasteiger partial charge in [0.2, 0.25) is 10.0 Å². The lowest BCUT2D eigenvalue weighted by molar-refractivity contribution is -0.385. The molecule has 0 spiro atoms. The lowest BCUT2D eigenvalue weighted by atomic mass is 10.1. The largest absolute Gasteiger partial charge is 0.270 e. The average Bonchev–Trinajstić information content (AvgIpc) is 2.53. The van der Waals surface area contributed by atoms with E-state index in [1.165, 1.54) is 23.5 Å². The minimum atomic E-state index is -3.80. The Kier molecular flexibility index (Phi) is 5.00. The highest BCUT2D eigenvalue weighted by Gasteiger charge is 2.30. The van der Waals surface area contributed by atoms with E-state index in [-0.39, 0.29) is 10.6 Å². The number of nitro groups is 1. The molecule has 2 rings (SSSR count). The van der Waals surface area contributed by atoms with Gasteiger partial charge in [0, 0.05) is 37.6 Å². The van der Waals surface area contributed by atoms with E-state index in [1.807, 2.05) is 0 Å². The number of nitro benzene ring substituents is 1. The van der Waals surface area contributed by atoms with E-state index in [4.69, 9.17) is 0 Å². The molecule has 128 valence electrons. The summed E-state index contributed by atoms with van der Waals surface area (Å²) in [5.74, 6) is 0. The van der Waals surface area contributed by atoms with Gasteiger partial charge in [-0.1, -0.05) is 0 Å². The van der Waals surface area contributed by atoms with E-state index in [2.05, 4.69) is 4.98 Å². The van der Waals surface area contributed by atoms with E-state index >= 15 is 0 Å². The summed E-state index contributed by atoms with van der Waals surface area (Å²) >= 11 is 0. The first kappa shape index (κ1) is 18.0. The molecule has 2 aromatic rings. The number of hydrogen-bond donors (Lipinski definition) is 0. The Morgan fingerprint density at radius 2 is 1.67 bits per heavy atom. The molecule has 0 bridgehead atoms. The molecular formula is C16H19N3O4S. The van der Waals surface area contributed by atoms with Crippen molar-refractivity contribution in [2.45, 2.75) is 31.7 Å². The van der Waals surface area contributed by atoms with Gasteiger partial charge in [-0.25, -0.2) is 8.42 Å². The summed E-state index contributed by atoms with van der Waals surface area (Å²) in [7, 11) is -2.30. The Labute approximate surface area is 141 Å². The first-order valence-electron chi connectivity index (χ1n) is 7.30. The van der Waals surface area contributed by atoms with Crippen molar-refractivity contribution in [1.29, 1.82) is 0 Å². The first-order chi connectivity index (χ1) is 11.2. The molecule has 1 aromatic heterocycles. The summed E-state index contributed by atoms with van der Waals surface area (Å²) in [5, 5.41) is 10.9. The minimum Gasteiger partial charge on any atom is -0.265 e. The quantitative estimate of drug-likeness (QED) is 0.611. The molecule has 0 amide bonds. The molecule has 24 heavy (non-hydrogen) atoms. The van der Waals surface area contributed by atoms with Gasteiger partial charge in [-0.2, -0.15) is 4.31 Å². The topological polar surface area (TPSA) is 93.4 Å². The lowest BCUT2D eigenvalue weighted by Crippen LogP contribution is -2.31. The smallest absolute Gasteiger partial charge is 0.265 e. The molecule has 1 heterocycles. The van der Waals surface area contributed by atoms with Gasteiger partial charge in [-0.3, -0.25) is 15.1 Å². The summed E-state index contributed by atoms with van der Waals surface area (Å²) in [6.07, 6.45) is 3.21. The molecule has 0 aliphatic carbocycles. The van der Waals surface area contributed by atoms with Crippen LogP contribution in [0.25, 0.3) is 0 Å². The molecule has 1 aromatic carbocycles. The van der Waals surface area contributed by atoms with Crippen LogP contribution < -0.4 is 0 Å². The lowest BCUT2D eigenvalue weighted by Gasteiger charge is -2.26. The van der Waals surface area contributed by atoms with Crippen molar-refractivity contribution in [1.82, 2.24) is 9.29 Å². The number of non-ortho nitro benzene ring substituents is 1. The van der Waals surface area contributed by atoms with Gasteiger partial charge >= 0.3 is 0 Å².